The van der Waals surface area contributed by atoms with Gasteiger partial charge < -0.3 is 15.4 Å². The zero-order chi connectivity index (χ0) is 19.9. The lowest BCUT2D eigenvalue weighted by Gasteiger charge is -2.10. The van der Waals surface area contributed by atoms with Crippen LogP contribution >= 0.6 is 0 Å². The summed E-state index contributed by atoms with van der Waals surface area (Å²) in [6.45, 7) is 0. The molecule has 0 aromatic heterocycles. The third kappa shape index (κ3) is 5.02. The van der Waals surface area contributed by atoms with Crippen LogP contribution in [0.4, 0.5) is 17.1 Å². The molecule has 1 amide bonds. The van der Waals surface area contributed by atoms with Gasteiger partial charge in [-0.1, -0.05) is 42.5 Å². The average Bonchev–Trinajstić information content (AvgIpc) is 2.77. The number of rotatable bonds is 6. The zero-order valence-electron chi connectivity index (χ0n) is 15.7. The summed E-state index contributed by atoms with van der Waals surface area (Å²) in [6.07, 6.45) is 0. The Balaban J connectivity index is 1.40. The SMILES string of the molecule is O=C(Nc1ccc(Nc2ccccc2)cc1)c1cccc(Oc2ccccc2)c1. The summed E-state index contributed by atoms with van der Waals surface area (Å²) >= 11 is 0. The van der Waals surface area contributed by atoms with E-state index in [1.165, 1.54) is 0 Å². The van der Waals surface area contributed by atoms with Gasteiger partial charge in [-0.3, -0.25) is 4.79 Å². The van der Waals surface area contributed by atoms with Gasteiger partial charge >= 0.3 is 0 Å². The summed E-state index contributed by atoms with van der Waals surface area (Å²) in [7, 11) is 0. The molecule has 4 nitrogen and oxygen atoms in total. The Morgan fingerprint density at radius 1 is 0.586 bits per heavy atom. The normalized spacial score (nSPS) is 10.2. The topological polar surface area (TPSA) is 50.4 Å². The molecule has 4 rings (SSSR count). The minimum Gasteiger partial charge on any atom is -0.457 e. The van der Waals surface area contributed by atoms with Crippen LogP contribution in [0, 0.1) is 0 Å². The van der Waals surface area contributed by atoms with Gasteiger partial charge in [-0.2, -0.15) is 0 Å². The Hall–Kier alpha value is -4.05. The third-order valence-corrected chi connectivity index (χ3v) is 4.28. The summed E-state index contributed by atoms with van der Waals surface area (Å²) < 4.78 is 5.80. The van der Waals surface area contributed by atoms with E-state index in [1.807, 2.05) is 91.0 Å². The molecule has 4 aromatic rings. The molecule has 0 spiro atoms. The van der Waals surface area contributed by atoms with E-state index < -0.39 is 0 Å². The fourth-order valence-corrected chi connectivity index (χ4v) is 2.85. The smallest absolute Gasteiger partial charge is 0.255 e. The van der Waals surface area contributed by atoms with Crippen molar-refractivity contribution in [2.75, 3.05) is 10.6 Å². The molecule has 0 aliphatic rings. The number of benzene rings is 4. The number of amides is 1. The van der Waals surface area contributed by atoms with Crippen LogP contribution in [-0.2, 0) is 0 Å². The Labute approximate surface area is 169 Å². The van der Waals surface area contributed by atoms with Gasteiger partial charge in [0.1, 0.15) is 11.5 Å². The molecule has 0 heterocycles. The number of carbonyl (C=O) groups excluding carboxylic acids is 1. The van der Waals surface area contributed by atoms with Crippen molar-refractivity contribution in [3.63, 3.8) is 0 Å². The monoisotopic (exact) mass is 380 g/mol. The van der Waals surface area contributed by atoms with Gasteiger partial charge in [-0.25, -0.2) is 0 Å². The first kappa shape index (κ1) is 18.3. The van der Waals surface area contributed by atoms with Crippen LogP contribution < -0.4 is 15.4 Å². The molecule has 0 radical (unpaired) electrons. The van der Waals surface area contributed by atoms with Gasteiger partial charge in [0.25, 0.3) is 5.91 Å². The molecule has 4 aromatic carbocycles. The number of ether oxygens (including phenoxy) is 1. The highest BCUT2D eigenvalue weighted by atomic mass is 16.5. The highest BCUT2D eigenvalue weighted by Crippen LogP contribution is 2.23. The molecule has 0 bridgehead atoms. The van der Waals surface area contributed by atoms with Crippen LogP contribution in [0.25, 0.3) is 0 Å². The van der Waals surface area contributed by atoms with Crippen molar-refractivity contribution in [3.05, 3.63) is 115 Å². The second-order valence-electron chi connectivity index (χ2n) is 6.47. The van der Waals surface area contributed by atoms with Crippen molar-refractivity contribution in [1.82, 2.24) is 0 Å². The largest absolute Gasteiger partial charge is 0.457 e. The minimum atomic E-state index is -0.188. The number of anilines is 3. The number of hydrogen-bond donors (Lipinski definition) is 2. The van der Waals surface area contributed by atoms with E-state index in [0.29, 0.717) is 11.3 Å². The molecule has 0 fully saturated rings. The van der Waals surface area contributed by atoms with Crippen molar-refractivity contribution in [2.24, 2.45) is 0 Å². The van der Waals surface area contributed by atoms with Crippen LogP contribution in [0.2, 0.25) is 0 Å². The summed E-state index contributed by atoms with van der Waals surface area (Å²) in [5.74, 6) is 1.16. The highest BCUT2D eigenvalue weighted by Gasteiger charge is 2.08. The fourth-order valence-electron chi connectivity index (χ4n) is 2.85. The molecule has 0 atom stereocenters. The van der Waals surface area contributed by atoms with Gasteiger partial charge in [-0.05, 0) is 66.7 Å². The second kappa shape index (κ2) is 8.76. The molecule has 142 valence electrons. The van der Waals surface area contributed by atoms with Gasteiger partial charge in [-0.15, -0.1) is 0 Å². The molecular formula is C25H20N2O2. The van der Waals surface area contributed by atoms with Gasteiger partial charge in [0, 0.05) is 22.6 Å². The van der Waals surface area contributed by atoms with E-state index in [-0.39, 0.29) is 5.91 Å². The lowest BCUT2D eigenvalue weighted by Crippen LogP contribution is -2.11. The maximum atomic E-state index is 12.6. The van der Waals surface area contributed by atoms with E-state index in [9.17, 15) is 4.79 Å². The van der Waals surface area contributed by atoms with E-state index >= 15 is 0 Å². The Kier molecular flexibility index (Phi) is 5.53. The molecule has 0 aliphatic heterocycles. The van der Waals surface area contributed by atoms with Crippen LogP contribution in [0.5, 0.6) is 11.5 Å². The maximum absolute atomic E-state index is 12.6. The second-order valence-corrected chi connectivity index (χ2v) is 6.47. The lowest BCUT2D eigenvalue weighted by atomic mass is 10.2. The number of carbonyl (C=O) groups is 1. The molecule has 0 saturated heterocycles. The highest BCUT2D eigenvalue weighted by molar-refractivity contribution is 6.04. The van der Waals surface area contributed by atoms with Gasteiger partial charge in [0.2, 0.25) is 0 Å². The minimum absolute atomic E-state index is 0.188. The van der Waals surface area contributed by atoms with Crippen molar-refractivity contribution < 1.29 is 9.53 Å². The zero-order valence-corrected chi connectivity index (χ0v) is 15.7. The van der Waals surface area contributed by atoms with Crippen molar-refractivity contribution in [3.8, 4) is 11.5 Å². The van der Waals surface area contributed by atoms with E-state index in [2.05, 4.69) is 10.6 Å². The quantitative estimate of drug-likeness (QED) is 0.403. The first-order chi connectivity index (χ1) is 14.3. The molecule has 0 saturated carbocycles. The third-order valence-electron chi connectivity index (χ3n) is 4.28. The van der Waals surface area contributed by atoms with Crippen LogP contribution in [-0.4, -0.2) is 5.91 Å². The first-order valence-electron chi connectivity index (χ1n) is 9.33. The molecule has 2 N–H and O–H groups in total. The van der Waals surface area contributed by atoms with E-state index in [0.717, 1.165) is 22.8 Å². The molecule has 4 heteroatoms. The fraction of sp³-hybridized carbons (Fsp3) is 0. The van der Waals surface area contributed by atoms with Crippen LogP contribution in [0.15, 0.2) is 109 Å². The van der Waals surface area contributed by atoms with Gasteiger partial charge in [0.05, 0.1) is 0 Å². The number of hydrogen-bond acceptors (Lipinski definition) is 3. The van der Waals surface area contributed by atoms with Crippen LogP contribution in [0.3, 0.4) is 0 Å². The molecule has 29 heavy (non-hydrogen) atoms. The van der Waals surface area contributed by atoms with E-state index in [4.69, 9.17) is 4.74 Å². The Morgan fingerprint density at radius 2 is 1.17 bits per heavy atom. The van der Waals surface area contributed by atoms with Crippen molar-refractivity contribution in [2.45, 2.75) is 0 Å². The predicted octanol–water partition coefficient (Wildman–Crippen LogP) is 6.47. The standard InChI is InChI=1S/C25H20N2O2/c28-25(19-8-7-13-24(18-19)29-23-11-5-2-6-12-23)27-22-16-14-21(15-17-22)26-20-9-3-1-4-10-20/h1-18,26H,(H,27,28). The van der Waals surface area contributed by atoms with Crippen LogP contribution in [0.1, 0.15) is 10.4 Å². The summed E-state index contributed by atoms with van der Waals surface area (Å²) in [5.41, 5.74) is 3.22. The van der Waals surface area contributed by atoms with Crippen molar-refractivity contribution in [1.29, 1.82) is 0 Å². The predicted molar refractivity (Wildman–Crippen MR) is 117 cm³/mol. The average molecular weight is 380 g/mol. The molecule has 0 aliphatic carbocycles. The summed E-state index contributed by atoms with van der Waals surface area (Å²) in [5, 5.41) is 6.24. The first-order valence-corrected chi connectivity index (χ1v) is 9.33. The van der Waals surface area contributed by atoms with Gasteiger partial charge in [0.15, 0.2) is 0 Å². The number of para-hydroxylation sites is 2. The lowest BCUT2D eigenvalue weighted by molar-refractivity contribution is 0.102. The molecule has 0 unspecified atom stereocenters. The number of nitrogens with one attached hydrogen (secondary N) is 2. The van der Waals surface area contributed by atoms with E-state index in [1.54, 1.807) is 18.2 Å². The summed E-state index contributed by atoms with van der Waals surface area (Å²) in [6, 6.07) is 34.1. The summed E-state index contributed by atoms with van der Waals surface area (Å²) in [4.78, 5) is 12.6. The Morgan fingerprint density at radius 3 is 1.90 bits per heavy atom. The Bertz CT molecular complexity index is 1080. The molecular weight excluding hydrogens is 360 g/mol. The maximum Gasteiger partial charge on any atom is 0.255 e. The van der Waals surface area contributed by atoms with Crippen molar-refractivity contribution >= 4 is 23.0 Å².